The highest BCUT2D eigenvalue weighted by atomic mass is 32.2. The molecular weight excluding hydrogens is 314 g/mol. The van der Waals surface area contributed by atoms with E-state index in [0.29, 0.717) is 26.3 Å². The summed E-state index contributed by atoms with van der Waals surface area (Å²) in [6, 6.07) is 5.95. The molecule has 0 aliphatic carbocycles. The lowest BCUT2D eigenvalue weighted by molar-refractivity contribution is 0.0283. The van der Waals surface area contributed by atoms with Crippen LogP contribution in [0.25, 0.3) is 0 Å². The molecule has 0 aromatic carbocycles. The molecule has 0 radical (unpaired) electrons. The predicted molar refractivity (Wildman–Crippen MR) is 88.4 cm³/mol. The van der Waals surface area contributed by atoms with E-state index >= 15 is 0 Å². The molecule has 0 saturated carbocycles. The normalized spacial score (nSPS) is 27.9. The predicted octanol–water partition coefficient (Wildman–Crippen LogP) is 0.956. The van der Waals surface area contributed by atoms with Crippen LogP contribution in [0.2, 0.25) is 0 Å². The number of pyridine rings is 1. The van der Waals surface area contributed by atoms with Gasteiger partial charge in [0.05, 0.1) is 25.2 Å². The second kappa shape index (κ2) is 6.84. The number of sulfonamides is 1. The van der Waals surface area contributed by atoms with Gasteiger partial charge in [0.15, 0.2) is 0 Å². The van der Waals surface area contributed by atoms with Crippen LogP contribution >= 0.6 is 0 Å². The third kappa shape index (κ3) is 4.29. The fourth-order valence-corrected chi connectivity index (χ4v) is 4.60. The Hall–Kier alpha value is -1.02. The van der Waals surface area contributed by atoms with E-state index in [2.05, 4.69) is 9.88 Å². The summed E-state index contributed by atoms with van der Waals surface area (Å²) in [5, 5.41) is 0. The van der Waals surface area contributed by atoms with Gasteiger partial charge in [-0.05, 0) is 25.0 Å². The van der Waals surface area contributed by atoms with Crippen molar-refractivity contribution in [3.8, 4) is 0 Å². The summed E-state index contributed by atoms with van der Waals surface area (Å²) < 4.78 is 31.3. The zero-order valence-corrected chi connectivity index (χ0v) is 14.5. The van der Waals surface area contributed by atoms with Crippen molar-refractivity contribution in [2.75, 3.05) is 45.6 Å². The minimum Gasteiger partial charge on any atom is -0.379 e. The molecule has 0 N–H and O–H groups in total. The fraction of sp³-hybridized carbons (Fsp3) is 0.688. The molecule has 128 valence electrons. The van der Waals surface area contributed by atoms with E-state index in [1.807, 2.05) is 24.4 Å². The van der Waals surface area contributed by atoms with E-state index < -0.39 is 10.0 Å². The summed E-state index contributed by atoms with van der Waals surface area (Å²) >= 11 is 0. The van der Waals surface area contributed by atoms with Gasteiger partial charge in [-0.15, -0.1) is 0 Å². The Kier molecular flexibility index (Phi) is 5.01. The van der Waals surface area contributed by atoms with Crippen LogP contribution in [-0.2, 0) is 21.3 Å². The second-order valence-corrected chi connectivity index (χ2v) is 8.77. The molecule has 1 aromatic heterocycles. The summed E-state index contributed by atoms with van der Waals surface area (Å²) in [6.07, 6.45) is 5.02. The maximum absolute atomic E-state index is 11.9. The Bertz CT molecular complexity index is 623. The summed E-state index contributed by atoms with van der Waals surface area (Å²) in [4.78, 5) is 6.75. The first-order valence-electron chi connectivity index (χ1n) is 8.12. The highest BCUT2D eigenvalue weighted by Gasteiger charge is 2.41. The van der Waals surface area contributed by atoms with Gasteiger partial charge in [-0.25, -0.2) is 12.7 Å². The Balaban J connectivity index is 1.73. The minimum absolute atomic E-state index is 0.105. The second-order valence-electron chi connectivity index (χ2n) is 6.78. The summed E-state index contributed by atoms with van der Waals surface area (Å²) in [5.41, 5.74) is 0.937. The monoisotopic (exact) mass is 339 g/mol. The zero-order chi connectivity index (χ0) is 16.3. The van der Waals surface area contributed by atoms with Gasteiger partial charge in [0.2, 0.25) is 10.0 Å². The van der Waals surface area contributed by atoms with Gasteiger partial charge < -0.3 is 4.74 Å². The molecule has 6 nitrogen and oxygen atoms in total. The average molecular weight is 339 g/mol. The summed E-state index contributed by atoms with van der Waals surface area (Å²) in [7, 11) is -3.14. The molecular formula is C16H25N3O3S. The Morgan fingerprint density at radius 1 is 1.30 bits per heavy atom. The zero-order valence-electron chi connectivity index (χ0n) is 13.6. The Labute approximate surface area is 138 Å². The smallest absolute Gasteiger partial charge is 0.211 e. The van der Waals surface area contributed by atoms with Crippen LogP contribution in [0, 0.1) is 5.41 Å². The molecule has 3 heterocycles. The van der Waals surface area contributed by atoms with Gasteiger partial charge in [0.25, 0.3) is 0 Å². The molecule has 1 atom stereocenters. The highest BCUT2D eigenvalue weighted by Crippen LogP contribution is 2.34. The molecule has 2 aliphatic heterocycles. The summed E-state index contributed by atoms with van der Waals surface area (Å²) in [6.45, 7) is 5.01. The van der Waals surface area contributed by atoms with Gasteiger partial charge in [0, 0.05) is 44.3 Å². The van der Waals surface area contributed by atoms with Crippen molar-refractivity contribution in [2.24, 2.45) is 5.41 Å². The lowest BCUT2D eigenvalue weighted by Crippen LogP contribution is -2.51. The maximum atomic E-state index is 11.9. The molecule has 23 heavy (non-hydrogen) atoms. The van der Waals surface area contributed by atoms with Crippen LogP contribution in [0.5, 0.6) is 0 Å². The van der Waals surface area contributed by atoms with Gasteiger partial charge in [0.1, 0.15) is 0 Å². The molecule has 3 rings (SSSR count). The molecule has 7 heteroatoms. The first-order chi connectivity index (χ1) is 11.0. The quantitative estimate of drug-likeness (QED) is 0.821. The number of hydrogen-bond donors (Lipinski definition) is 0. The third-order valence-electron chi connectivity index (χ3n) is 4.73. The van der Waals surface area contributed by atoms with Gasteiger partial charge in [-0.1, -0.05) is 6.07 Å². The molecule has 1 spiro atoms. The topological polar surface area (TPSA) is 62.7 Å². The van der Waals surface area contributed by atoms with Gasteiger partial charge in [-0.2, -0.15) is 0 Å². The van der Waals surface area contributed by atoms with E-state index in [4.69, 9.17) is 4.74 Å². The molecule has 0 amide bonds. The van der Waals surface area contributed by atoms with Gasteiger partial charge in [-0.3, -0.25) is 9.88 Å². The van der Waals surface area contributed by atoms with Crippen molar-refractivity contribution in [2.45, 2.75) is 19.4 Å². The van der Waals surface area contributed by atoms with Crippen molar-refractivity contribution >= 4 is 10.0 Å². The Morgan fingerprint density at radius 2 is 2.17 bits per heavy atom. The number of hydrogen-bond acceptors (Lipinski definition) is 5. The van der Waals surface area contributed by atoms with E-state index in [9.17, 15) is 8.42 Å². The molecule has 2 fully saturated rings. The molecule has 1 aromatic rings. The van der Waals surface area contributed by atoms with E-state index in [1.54, 1.807) is 4.31 Å². The maximum Gasteiger partial charge on any atom is 0.211 e. The number of piperidine rings is 1. The number of aromatic nitrogens is 1. The number of ether oxygens (including phenoxy) is 1. The minimum atomic E-state index is -3.14. The first-order valence-corrected chi connectivity index (χ1v) is 9.97. The average Bonchev–Trinajstić information content (AvgIpc) is 2.70. The van der Waals surface area contributed by atoms with Crippen molar-refractivity contribution in [3.05, 3.63) is 30.1 Å². The van der Waals surface area contributed by atoms with Crippen molar-refractivity contribution in [3.63, 3.8) is 0 Å². The fourth-order valence-electron chi connectivity index (χ4n) is 3.63. The van der Waals surface area contributed by atoms with E-state index in [0.717, 1.165) is 38.2 Å². The van der Waals surface area contributed by atoms with Crippen LogP contribution in [0.15, 0.2) is 24.4 Å². The lowest BCUT2D eigenvalue weighted by Gasteiger charge is -2.42. The van der Waals surface area contributed by atoms with E-state index in [1.165, 1.54) is 6.26 Å². The highest BCUT2D eigenvalue weighted by molar-refractivity contribution is 7.88. The van der Waals surface area contributed by atoms with Crippen molar-refractivity contribution in [1.29, 1.82) is 0 Å². The van der Waals surface area contributed by atoms with Crippen molar-refractivity contribution < 1.29 is 13.2 Å². The summed E-state index contributed by atoms with van der Waals surface area (Å²) in [5.74, 6) is 0. The van der Waals surface area contributed by atoms with E-state index in [-0.39, 0.29) is 5.41 Å². The number of nitrogens with zero attached hydrogens (tertiary/aromatic N) is 3. The van der Waals surface area contributed by atoms with Crippen LogP contribution in [0.3, 0.4) is 0 Å². The van der Waals surface area contributed by atoms with Crippen LogP contribution in [0.4, 0.5) is 0 Å². The molecule has 0 bridgehead atoms. The number of rotatable bonds is 3. The van der Waals surface area contributed by atoms with Gasteiger partial charge >= 0.3 is 0 Å². The standard InChI is InChI=1S/C16H25N3O3S/c1-23(20,21)19-8-4-6-16(13-19)12-18(9-10-22-14-16)11-15-5-2-3-7-17-15/h2-3,5,7H,4,6,8-14H2,1H3/t16-/m1/s1. The molecule has 2 aliphatic rings. The van der Waals surface area contributed by atoms with Crippen LogP contribution < -0.4 is 0 Å². The largest absolute Gasteiger partial charge is 0.379 e. The van der Waals surface area contributed by atoms with Crippen molar-refractivity contribution in [1.82, 2.24) is 14.2 Å². The first kappa shape index (κ1) is 16.8. The third-order valence-corrected chi connectivity index (χ3v) is 5.98. The Morgan fingerprint density at radius 3 is 2.91 bits per heavy atom. The van der Waals surface area contributed by atoms with Crippen LogP contribution in [0.1, 0.15) is 18.5 Å². The molecule has 2 saturated heterocycles. The van der Waals surface area contributed by atoms with Crippen LogP contribution in [-0.4, -0.2) is 68.3 Å². The molecule has 0 unspecified atom stereocenters. The lowest BCUT2D eigenvalue weighted by atomic mass is 9.81. The SMILES string of the molecule is CS(=O)(=O)N1CCC[C@]2(COCCN(Cc3ccccn3)C2)C1.